The summed E-state index contributed by atoms with van der Waals surface area (Å²) < 4.78 is 0. The number of aromatic amines is 1. The molecule has 0 aliphatic heterocycles. The molecular formula is C13H15KN2O3. The number of aromatic nitrogens is 1. The summed E-state index contributed by atoms with van der Waals surface area (Å²) in [7, 11) is 0. The van der Waals surface area contributed by atoms with E-state index in [9.17, 15) is 9.59 Å². The van der Waals surface area contributed by atoms with Crippen molar-refractivity contribution >= 4 is 74.2 Å². The van der Waals surface area contributed by atoms with Crippen LogP contribution in [-0.4, -0.2) is 79.4 Å². The van der Waals surface area contributed by atoms with E-state index in [2.05, 4.69) is 10.3 Å². The summed E-state index contributed by atoms with van der Waals surface area (Å²) in [6, 6.07) is 6.75. The van der Waals surface area contributed by atoms with E-state index in [0.29, 0.717) is 0 Å². The van der Waals surface area contributed by atoms with Gasteiger partial charge in [0.1, 0.15) is 6.04 Å². The van der Waals surface area contributed by atoms with Crippen molar-refractivity contribution in [1.29, 1.82) is 0 Å². The molecule has 19 heavy (non-hydrogen) atoms. The number of fused-ring (bicyclic) bond motifs is 1. The molecule has 1 unspecified atom stereocenters. The number of carbonyl (C=O) groups excluding carboxylic acids is 1. The number of hydrogen-bond acceptors (Lipinski definition) is 2. The van der Waals surface area contributed by atoms with E-state index in [-0.39, 0.29) is 63.7 Å². The fourth-order valence-electron chi connectivity index (χ4n) is 1.97. The Morgan fingerprint density at radius 3 is 2.68 bits per heavy atom. The Morgan fingerprint density at radius 2 is 2.05 bits per heavy atom. The number of para-hydroxylation sites is 1. The maximum absolute atomic E-state index is 11.1. The Balaban J connectivity index is 0.00000180. The molecule has 0 saturated heterocycles. The number of benzene rings is 1. The van der Waals surface area contributed by atoms with Gasteiger partial charge < -0.3 is 15.4 Å². The second-order valence-corrected chi connectivity index (χ2v) is 4.15. The standard InChI is InChI=1S/C13H14N2O3.K.H/c1-8(16)15-12(13(17)18)6-9-7-14-11-5-3-2-4-10(9)11;;/h2-5,7,12,14H,6H2,1H3,(H,15,16)(H,17,18);;. The van der Waals surface area contributed by atoms with Crippen LogP contribution in [-0.2, 0) is 16.0 Å². The molecule has 5 nitrogen and oxygen atoms in total. The van der Waals surface area contributed by atoms with Crippen LogP contribution >= 0.6 is 0 Å². The van der Waals surface area contributed by atoms with Gasteiger partial charge >= 0.3 is 57.4 Å². The molecule has 1 heterocycles. The summed E-state index contributed by atoms with van der Waals surface area (Å²) in [6.07, 6.45) is 2.04. The molecule has 6 heteroatoms. The SMILES string of the molecule is CC(=O)NC(Cc1c[nH]c2ccccc12)C(=O)O.[KH]. The fourth-order valence-corrected chi connectivity index (χ4v) is 1.97. The van der Waals surface area contributed by atoms with Gasteiger partial charge in [0.15, 0.2) is 0 Å². The first kappa shape index (κ1) is 16.4. The van der Waals surface area contributed by atoms with E-state index in [4.69, 9.17) is 5.11 Å². The summed E-state index contributed by atoms with van der Waals surface area (Å²) in [4.78, 5) is 25.1. The predicted molar refractivity (Wildman–Crippen MR) is 74.4 cm³/mol. The van der Waals surface area contributed by atoms with Gasteiger partial charge in [-0.05, 0) is 11.6 Å². The average Bonchev–Trinajstić information content (AvgIpc) is 2.71. The van der Waals surface area contributed by atoms with Gasteiger partial charge in [0.25, 0.3) is 0 Å². The summed E-state index contributed by atoms with van der Waals surface area (Å²) in [6.45, 7) is 1.31. The summed E-state index contributed by atoms with van der Waals surface area (Å²) >= 11 is 0. The molecule has 0 aliphatic carbocycles. The molecule has 0 aliphatic rings. The van der Waals surface area contributed by atoms with Crippen molar-refractivity contribution in [3.63, 3.8) is 0 Å². The third-order valence-corrected chi connectivity index (χ3v) is 2.77. The van der Waals surface area contributed by atoms with Crippen molar-refractivity contribution in [3.8, 4) is 0 Å². The molecule has 96 valence electrons. The van der Waals surface area contributed by atoms with Crippen LogP contribution in [0.3, 0.4) is 0 Å². The number of carbonyl (C=O) groups is 2. The van der Waals surface area contributed by atoms with E-state index < -0.39 is 12.0 Å². The molecule has 3 N–H and O–H groups in total. The Bertz CT molecular complexity index is 594. The zero-order chi connectivity index (χ0) is 13.1. The number of nitrogens with one attached hydrogen (secondary N) is 2. The molecule has 0 saturated carbocycles. The van der Waals surface area contributed by atoms with E-state index in [1.54, 1.807) is 6.20 Å². The Labute approximate surface area is 153 Å². The topological polar surface area (TPSA) is 82.2 Å². The van der Waals surface area contributed by atoms with Crippen LogP contribution in [0.4, 0.5) is 0 Å². The summed E-state index contributed by atoms with van der Waals surface area (Å²) in [5.74, 6) is -1.38. The van der Waals surface area contributed by atoms with Crippen LogP contribution in [0.15, 0.2) is 30.5 Å². The molecule has 2 aromatic rings. The first-order chi connectivity index (χ1) is 8.58. The number of hydrogen-bond donors (Lipinski definition) is 3. The van der Waals surface area contributed by atoms with Crippen molar-refractivity contribution in [2.75, 3.05) is 0 Å². The van der Waals surface area contributed by atoms with E-state index in [1.807, 2.05) is 24.3 Å². The second kappa shape index (κ2) is 7.21. The van der Waals surface area contributed by atoms with Gasteiger partial charge in [-0.3, -0.25) is 4.79 Å². The summed E-state index contributed by atoms with van der Waals surface area (Å²) in [5, 5.41) is 12.5. The third kappa shape index (κ3) is 4.15. The van der Waals surface area contributed by atoms with Gasteiger partial charge in [-0.1, -0.05) is 18.2 Å². The van der Waals surface area contributed by atoms with E-state index in [1.165, 1.54) is 6.92 Å². The molecule has 1 amide bonds. The Hall–Kier alpha value is -0.664. The fraction of sp³-hybridized carbons (Fsp3) is 0.231. The minimum atomic E-state index is -1.03. The zero-order valence-electron chi connectivity index (χ0n) is 9.93. The first-order valence-corrected chi connectivity index (χ1v) is 5.63. The van der Waals surface area contributed by atoms with Crippen molar-refractivity contribution in [3.05, 3.63) is 36.0 Å². The molecule has 2 rings (SSSR count). The molecule has 1 atom stereocenters. The van der Waals surface area contributed by atoms with Crippen LogP contribution in [0.25, 0.3) is 10.9 Å². The number of rotatable bonds is 4. The number of H-pyrrole nitrogens is 1. The van der Waals surface area contributed by atoms with Crippen LogP contribution in [0.2, 0.25) is 0 Å². The van der Waals surface area contributed by atoms with Gasteiger partial charge in [-0.25, -0.2) is 4.79 Å². The van der Waals surface area contributed by atoms with Crippen LogP contribution < -0.4 is 5.32 Å². The van der Waals surface area contributed by atoms with Gasteiger partial charge in [0, 0.05) is 30.4 Å². The maximum atomic E-state index is 11.1. The monoisotopic (exact) mass is 286 g/mol. The molecular weight excluding hydrogens is 271 g/mol. The minimum absolute atomic E-state index is 0. The normalized spacial score (nSPS) is 11.6. The second-order valence-electron chi connectivity index (χ2n) is 4.15. The quantitative estimate of drug-likeness (QED) is 0.722. The van der Waals surface area contributed by atoms with Crippen molar-refractivity contribution in [2.45, 2.75) is 19.4 Å². The van der Waals surface area contributed by atoms with Gasteiger partial charge in [-0.15, -0.1) is 0 Å². The molecule has 1 aromatic carbocycles. The molecule has 0 fully saturated rings. The van der Waals surface area contributed by atoms with Gasteiger partial charge in [0.05, 0.1) is 0 Å². The Morgan fingerprint density at radius 1 is 1.37 bits per heavy atom. The zero-order valence-corrected chi connectivity index (χ0v) is 9.93. The number of carboxylic acids is 1. The average molecular weight is 286 g/mol. The van der Waals surface area contributed by atoms with E-state index in [0.717, 1.165) is 16.5 Å². The molecule has 0 radical (unpaired) electrons. The molecule has 0 bridgehead atoms. The third-order valence-electron chi connectivity index (χ3n) is 2.77. The van der Waals surface area contributed by atoms with Crippen LogP contribution in [0.1, 0.15) is 12.5 Å². The Kier molecular flexibility index (Phi) is 6.22. The summed E-state index contributed by atoms with van der Waals surface area (Å²) in [5.41, 5.74) is 1.84. The first-order valence-electron chi connectivity index (χ1n) is 5.63. The van der Waals surface area contributed by atoms with Gasteiger partial charge in [-0.2, -0.15) is 0 Å². The van der Waals surface area contributed by atoms with Crippen molar-refractivity contribution in [1.82, 2.24) is 10.3 Å². The molecule has 1 aromatic heterocycles. The van der Waals surface area contributed by atoms with E-state index >= 15 is 0 Å². The van der Waals surface area contributed by atoms with Crippen LogP contribution in [0.5, 0.6) is 0 Å². The number of aliphatic carboxylic acids is 1. The number of carboxylic acid groups (broad SMARTS) is 1. The van der Waals surface area contributed by atoms with Crippen LogP contribution in [0, 0.1) is 0 Å². The van der Waals surface area contributed by atoms with Crippen molar-refractivity contribution < 1.29 is 14.7 Å². The van der Waals surface area contributed by atoms with Crippen molar-refractivity contribution in [2.24, 2.45) is 0 Å². The predicted octanol–water partition coefficient (Wildman–Crippen LogP) is 0.651. The number of amides is 1. The van der Waals surface area contributed by atoms with Gasteiger partial charge in [0.2, 0.25) is 5.91 Å². The molecule has 0 spiro atoms.